The van der Waals surface area contributed by atoms with E-state index in [1.165, 1.54) is 24.6 Å². The van der Waals surface area contributed by atoms with Gasteiger partial charge in [-0.2, -0.15) is 0 Å². The van der Waals surface area contributed by atoms with Crippen molar-refractivity contribution in [1.29, 1.82) is 0 Å². The highest BCUT2D eigenvalue weighted by Crippen LogP contribution is 2.40. The Labute approximate surface area is 137 Å². The summed E-state index contributed by atoms with van der Waals surface area (Å²) in [5.41, 5.74) is 0. The molecule has 0 aromatic carbocycles. The van der Waals surface area contributed by atoms with Gasteiger partial charge in [0.25, 0.3) is 0 Å². The smallest absolute Gasteiger partial charge is 0.230 e. The number of thiophene rings is 1. The number of thioether (sulfide) groups is 1. The van der Waals surface area contributed by atoms with E-state index in [0.717, 1.165) is 15.9 Å². The van der Waals surface area contributed by atoms with Crippen molar-refractivity contribution in [3.05, 3.63) is 40.9 Å². The Hall–Kier alpha value is -1.60. The summed E-state index contributed by atoms with van der Waals surface area (Å²) in [6.45, 7) is 5.07. The van der Waals surface area contributed by atoms with Crippen molar-refractivity contribution in [2.75, 3.05) is 5.75 Å². The van der Waals surface area contributed by atoms with E-state index >= 15 is 0 Å². The van der Waals surface area contributed by atoms with Gasteiger partial charge < -0.3 is 9.88 Å². The highest BCUT2D eigenvalue weighted by molar-refractivity contribution is 7.99. The molecule has 22 heavy (non-hydrogen) atoms. The SMILES string of the molecule is C=CCn1c(SCC(=O)NCc2cccs2)nnc1C1CC1. The van der Waals surface area contributed by atoms with Crippen LogP contribution in [0.5, 0.6) is 0 Å². The number of hydrogen-bond acceptors (Lipinski definition) is 5. The minimum Gasteiger partial charge on any atom is -0.350 e. The Morgan fingerprint density at radius 1 is 1.55 bits per heavy atom. The van der Waals surface area contributed by atoms with Crippen molar-refractivity contribution in [1.82, 2.24) is 20.1 Å². The third-order valence-corrected chi connectivity index (χ3v) is 5.22. The molecule has 0 aliphatic heterocycles. The summed E-state index contributed by atoms with van der Waals surface area (Å²) in [4.78, 5) is 13.1. The fourth-order valence-corrected chi connectivity index (χ4v) is 3.56. The van der Waals surface area contributed by atoms with Crippen LogP contribution in [0.1, 0.15) is 29.5 Å². The normalized spacial score (nSPS) is 14.0. The Morgan fingerprint density at radius 3 is 3.09 bits per heavy atom. The zero-order chi connectivity index (χ0) is 15.4. The second kappa shape index (κ2) is 7.11. The first-order valence-corrected chi connectivity index (χ1v) is 9.10. The average Bonchev–Trinajstić information content (AvgIpc) is 3.08. The van der Waals surface area contributed by atoms with E-state index in [1.807, 2.05) is 23.6 Å². The van der Waals surface area contributed by atoms with E-state index in [4.69, 9.17) is 0 Å². The molecule has 1 aliphatic carbocycles. The zero-order valence-corrected chi connectivity index (χ0v) is 13.8. The number of nitrogens with zero attached hydrogens (tertiary/aromatic N) is 3. The van der Waals surface area contributed by atoms with Crippen LogP contribution in [-0.2, 0) is 17.9 Å². The first-order chi connectivity index (χ1) is 10.8. The molecule has 3 rings (SSSR count). The van der Waals surface area contributed by atoms with Gasteiger partial charge in [-0.15, -0.1) is 28.1 Å². The van der Waals surface area contributed by atoms with Gasteiger partial charge in [-0.05, 0) is 24.3 Å². The second-order valence-electron chi connectivity index (χ2n) is 5.16. The molecule has 0 bridgehead atoms. The molecule has 1 amide bonds. The molecule has 0 atom stereocenters. The minimum atomic E-state index is 0.0134. The largest absolute Gasteiger partial charge is 0.350 e. The van der Waals surface area contributed by atoms with Crippen LogP contribution >= 0.6 is 23.1 Å². The molecule has 0 unspecified atom stereocenters. The standard InChI is InChI=1S/C15H18N4OS2/c1-2-7-19-14(11-5-6-11)17-18-15(19)22-10-13(20)16-9-12-4-3-8-21-12/h2-4,8,11H,1,5-7,9-10H2,(H,16,20). The maximum atomic E-state index is 11.9. The lowest BCUT2D eigenvalue weighted by Crippen LogP contribution is -2.24. The van der Waals surface area contributed by atoms with E-state index in [-0.39, 0.29) is 5.91 Å². The quantitative estimate of drug-likeness (QED) is 0.596. The van der Waals surface area contributed by atoms with E-state index in [1.54, 1.807) is 11.3 Å². The number of carbonyl (C=O) groups excluding carboxylic acids is 1. The lowest BCUT2D eigenvalue weighted by Gasteiger charge is -2.07. The number of carbonyl (C=O) groups is 1. The van der Waals surface area contributed by atoms with Gasteiger partial charge in [0.2, 0.25) is 5.91 Å². The summed E-state index contributed by atoms with van der Waals surface area (Å²) in [7, 11) is 0. The molecule has 0 spiro atoms. The number of aromatic nitrogens is 3. The van der Waals surface area contributed by atoms with Gasteiger partial charge in [-0.25, -0.2) is 0 Å². The van der Waals surface area contributed by atoms with Gasteiger partial charge in [0.15, 0.2) is 5.16 Å². The van der Waals surface area contributed by atoms with E-state index in [9.17, 15) is 4.79 Å². The molecule has 0 radical (unpaired) electrons. The predicted molar refractivity (Wildman–Crippen MR) is 89.1 cm³/mol. The summed E-state index contributed by atoms with van der Waals surface area (Å²) in [5, 5.41) is 14.2. The van der Waals surface area contributed by atoms with Crippen LogP contribution in [0.15, 0.2) is 35.3 Å². The van der Waals surface area contributed by atoms with Crippen molar-refractivity contribution in [2.24, 2.45) is 0 Å². The van der Waals surface area contributed by atoms with Crippen molar-refractivity contribution in [2.45, 2.75) is 37.0 Å². The Kier molecular flexibility index (Phi) is 4.94. The van der Waals surface area contributed by atoms with Gasteiger partial charge >= 0.3 is 0 Å². The van der Waals surface area contributed by atoms with Crippen LogP contribution in [0, 0.1) is 0 Å². The number of amides is 1. The molecule has 2 aromatic heterocycles. The molecule has 0 saturated heterocycles. The molecular weight excluding hydrogens is 316 g/mol. The van der Waals surface area contributed by atoms with E-state index < -0.39 is 0 Å². The van der Waals surface area contributed by atoms with Gasteiger partial charge in [0, 0.05) is 17.3 Å². The fraction of sp³-hybridized carbons (Fsp3) is 0.400. The lowest BCUT2D eigenvalue weighted by molar-refractivity contribution is -0.118. The van der Waals surface area contributed by atoms with Gasteiger partial charge in [0.05, 0.1) is 12.3 Å². The maximum absolute atomic E-state index is 11.9. The molecule has 1 saturated carbocycles. The minimum absolute atomic E-state index is 0.0134. The number of allylic oxidation sites excluding steroid dienone is 1. The molecule has 1 fully saturated rings. The van der Waals surface area contributed by atoms with Crippen molar-refractivity contribution in [3.8, 4) is 0 Å². The maximum Gasteiger partial charge on any atom is 0.230 e. The van der Waals surface area contributed by atoms with Crippen molar-refractivity contribution >= 4 is 29.0 Å². The Bertz CT molecular complexity index is 647. The van der Waals surface area contributed by atoms with Crippen LogP contribution < -0.4 is 5.32 Å². The molecule has 5 nitrogen and oxygen atoms in total. The highest BCUT2D eigenvalue weighted by atomic mass is 32.2. The highest BCUT2D eigenvalue weighted by Gasteiger charge is 2.30. The Balaban J connectivity index is 1.54. The summed E-state index contributed by atoms with van der Waals surface area (Å²) in [6.07, 6.45) is 4.21. The summed E-state index contributed by atoms with van der Waals surface area (Å²) < 4.78 is 2.07. The van der Waals surface area contributed by atoms with Gasteiger partial charge in [-0.3, -0.25) is 4.79 Å². The fourth-order valence-electron chi connectivity index (χ4n) is 2.13. The Morgan fingerprint density at radius 2 is 2.41 bits per heavy atom. The number of rotatable bonds is 8. The van der Waals surface area contributed by atoms with Crippen molar-refractivity contribution in [3.63, 3.8) is 0 Å². The predicted octanol–water partition coefficient (Wildman–Crippen LogP) is 2.81. The first kappa shape index (κ1) is 15.3. The average molecular weight is 334 g/mol. The number of nitrogens with one attached hydrogen (secondary N) is 1. The summed E-state index contributed by atoms with van der Waals surface area (Å²) in [6, 6.07) is 4.00. The van der Waals surface area contributed by atoms with Crippen LogP contribution in [0.2, 0.25) is 0 Å². The lowest BCUT2D eigenvalue weighted by atomic mass is 10.4. The van der Waals surface area contributed by atoms with Crippen LogP contribution in [0.25, 0.3) is 0 Å². The van der Waals surface area contributed by atoms with E-state index in [2.05, 4.69) is 26.7 Å². The topological polar surface area (TPSA) is 59.8 Å². The monoisotopic (exact) mass is 334 g/mol. The molecule has 7 heteroatoms. The first-order valence-electron chi connectivity index (χ1n) is 7.24. The molecular formula is C15H18N4OS2. The second-order valence-corrected chi connectivity index (χ2v) is 7.13. The molecule has 1 aliphatic rings. The zero-order valence-electron chi connectivity index (χ0n) is 12.2. The van der Waals surface area contributed by atoms with Crippen LogP contribution in [0.4, 0.5) is 0 Å². The molecule has 2 heterocycles. The third-order valence-electron chi connectivity index (χ3n) is 3.37. The van der Waals surface area contributed by atoms with Crippen molar-refractivity contribution < 1.29 is 4.79 Å². The molecule has 1 N–H and O–H groups in total. The van der Waals surface area contributed by atoms with Crippen LogP contribution in [-0.4, -0.2) is 26.4 Å². The van der Waals surface area contributed by atoms with Gasteiger partial charge in [-0.1, -0.05) is 23.9 Å². The number of hydrogen-bond donors (Lipinski definition) is 1. The summed E-state index contributed by atoms with van der Waals surface area (Å²) >= 11 is 3.07. The van der Waals surface area contributed by atoms with Gasteiger partial charge in [0.1, 0.15) is 5.82 Å². The third kappa shape index (κ3) is 3.78. The molecule has 116 valence electrons. The summed E-state index contributed by atoms with van der Waals surface area (Å²) in [5.74, 6) is 1.93. The molecule has 2 aromatic rings. The van der Waals surface area contributed by atoms with E-state index in [0.29, 0.717) is 24.8 Å². The van der Waals surface area contributed by atoms with Crippen LogP contribution in [0.3, 0.4) is 0 Å².